The summed E-state index contributed by atoms with van der Waals surface area (Å²) in [5.74, 6) is 1.19. The summed E-state index contributed by atoms with van der Waals surface area (Å²) in [6.45, 7) is 5.89. The Morgan fingerprint density at radius 2 is 1.91 bits per heavy atom. The molecule has 122 valence electrons. The average molecular weight is 315 g/mol. The SMILES string of the molecule is Cc1ccc(C(=O)N2CCN(Cc3noc(CN)n3)CC2)cc1. The first-order chi connectivity index (χ1) is 11.2. The number of hydrogen-bond donors (Lipinski definition) is 1. The Bertz CT molecular complexity index is 659. The third-order valence-electron chi connectivity index (χ3n) is 4.01. The highest BCUT2D eigenvalue weighted by atomic mass is 16.5. The van der Waals surface area contributed by atoms with Gasteiger partial charge in [0.25, 0.3) is 5.91 Å². The van der Waals surface area contributed by atoms with Gasteiger partial charge in [0, 0.05) is 31.7 Å². The fourth-order valence-electron chi connectivity index (χ4n) is 2.63. The van der Waals surface area contributed by atoms with Crippen LogP contribution >= 0.6 is 0 Å². The van der Waals surface area contributed by atoms with E-state index < -0.39 is 0 Å². The van der Waals surface area contributed by atoms with Gasteiger partial charge in [-0.3, -0.25) is 9.69 Å². The molecule has 7 nitrogen and oxygen atoms in total. The minimum atomic E-state index is 0.0922. The molecule has 0 unspecified atom stereocenters. The van der Waals surface area contributed by atoms with Crippen LogP contribution in [-0.4, -0.2) is 52.0 Å². The second kappa shape index (κ2) is 6.89. The molecule has 3 rings (SSSR count). The standard InChI is InChI=1S/C16H21N5O2/c1-12-2-4-13(5-3-12)16(22)21-8-6-20(7-9-21)11-14-18-15(10-17)23-19-14/h2-5H,6-11,17H2,1H3. The molecule has 0 aliphatic carbocycles. The Morgan fingerprint density at radius 3 is 2.52 bits per heavy atom. The van der Waals surface area contributed by atoms with Crippen LogP contribution in [0.15, 0.2) is 28.8 Å². The molecule has 1 aliphatic heterocycles. The molecule has 1 aromatic heterocycles. The lowest BCUT2D eigenvalue weighted by molar-refractivity contribution is 0.0624. The normalized spacial score (nSPS) is 15.8. The lowest BCUT2D eigenvalue weighted by atomic mass is 10.1. The molecular formula is C16H21N5O2. The van der Waals surface area contributed by atoms with Gasteiger partial charge in [0.15, 0.2) is 5.82 Å². The molecule has 7 heteroatoms. The minimum Gasteiger partial charge on any atom is -0.338 e. The van der Waals surface area contributed by atoms with Crippen molar-refractivity contribution in [2.45, 2.75) is 20.0 Å². The zero-order chi connectivity index (χ0) is 16.2. The van der Waals surface area contributed by atoms with E-state index in [1.807, 2.05) is 36.1 Å². The number of carbonyl (C=O) groups is 1. The highest BCUT2D eigenvalue weighted by molar-refractivity contribution is 5.94. The second-order valence-corrected chi connectivity index (χ2v) is 5.74. The Balaban J connectivity index is 1.53. The maximum atomic E-state index is 12.5. The van der Waals surface area contributed by atoms with Gasteiger partial charge in [0.1, 0.15) is 0 Å². The van der Waals surface area contributed by atoms with E-state index in [1.54, 1.807) is 0 Å². The summed E-state index contributed by atoms with van der Waals surface area (Å²) in [7, 11) is 0. The molecule has 1 aromatic carbocycles. The first-order valence-electron chi connectivity index (χ1n) is 7.75. The topological polar surface area (TPSA) is 88.5 Å². The molecule has 0 saturated carbocycles. The maximum Gasteiger partial charge on any atom is 0.253 e. The van der Waals surface area contributed by atoms with E-state index in [0.717, 1.165) is 24.2 Å². The van der Waals surface area contributed by atoms with Gasteiger partial charge < -0.3 is 15.2 Å². The molecule has 2 heterocycles. The van der Waals surface area contributed by atoms with Crippen LogP contribution in [0.2, 0.25) is 0 Å². The molecule has 1 amide bonds. The largest absolute Gasteiger partial charge is 0.338 e. The van der Waals surface area contributed by atoms with Crippen LogP contribution in [0.5, 0.6) is 0 Å². The molecular weight excluding hydrogens is 294 g/mol. The van der Waals surface area contributed by atoms with Crippen molar-refractivity contribution >= 4 is 5.91 Å². The van der Waals surface area contributed by atoms with E-state index in [-0.39, 0.29) is 12.5 Å². The second-order valence-electron chi connectivity index (χ2n) is 5.74. The number of hydrogen-bond acceptors (Lipinski definition) is 6. The third-order valence-corrected chi connectivity index (χ3v) is 4.01. The quantitative estimate of drug-likeness (QED) is 0.897. The smallest absolute Gasteiger partial charge is 0.253 e. The first kappa shape index (κ1) is 15.6. The van der Waals surface area contributed by atoms with Crippen LogP contribution < -0.4 is 5.73 Å². The Labute approximate surface area is 135 Å². The number of piperazine rings is 1. The summed E-state index contributed by atoms with van der Waals surface area (Å²) >= 11 is 0. The van der Waals surface area contributed by atoms with E-state index in [0.29, 0.717) is 31.3 Å². The highest BCUT2D eigenvalue weighted by Crippen LogP contribution is 2.11. The van der Waals surface area contributed by atoms with Crippen molar-refractivity contribution in [3.05, 3.63) is 47.1 Å². The Morgan fingerprint density at radius 1 is 1.22 bits per heavy atom. The predicted molar refractivity (Wildman–Crippen MR) is 84.5 cm³/mol. The number of aromatic nitrogens is 2. The van der Waals surface area contributed by atoms with Gasteiger partial charge >= 0.3 is 0 Å². The molecule has 0 atom stereocenters. The molecule has 0 radical (unpaired) electrons. The monoisotopic (exact) mass is 315 g/mol. The number of amides is 1. The Hall–Kier alpha value is -2.25. The van der Waals surface area contributed by atoms with Crippen molar-refractivity contribution < 1.29 is 9.32 Å². The summed E-state index contributed by atoms with van der Waals surface area (Å²) in [4.78, 5) is 20.8. The number of benzene rings is 1. The van der Waals surface area contributed by atoms with Crippen molar-refractivity contribution in [2.75, 3.05) is 26.2 Å². The number of nitrogens with zero attached hydrogens (tertiary/aromatic N) is 4. The Kier molecular flexibility index (Phi) is 4.68. The summed E-state index contributed by atoms with van der Waals surface area (Å²) < 4.78 is 5.00. The summed E-state index contributed by atoms with van der Waals surface area (Å²) in [5, 5.41) is 3.90. The van der Waals surface area contributed by atoms with E-state index in [4.69, 9.17) is 10.3 Å². The van der Waals surface area contributed by atoms with Crippen molar-refractivity contribution in [3.63, 3.8) is 0 Å². The van der Waals surface area contributed by atoms with Gasteiger partial charge in [-0.15, -0.1) is 0 Å². The van der Waals surface area contributed by atoms with Crippen molar-refractivity contribution in [3.8, 4) is 0 Å². The summed E-state index contributed by atoms with van der Waals surface area (Å²) in [5.41, 5.74) is 7.36. The van der Waals surface area contributed by atoms with E-state index in [9.17, 15) is 4.79 Å². The van der Waals surface area contributed by atoms with Gasteiger partial charge in [-0.1, -0.05) is 22.9 Å². The van der Waals surface area contributed by atoms with E-state index in [2.05, 4.69) is 15.0 Å². The third kappa shape index (κ3) is 3.75. The highest BCUT2D eigenvalue weighted by Gasteiger charge is 2.23. The van der Waals surface area contributed by atoms with Gasteiger partial charge in [-0.05, 0) is 19.1 Å². The number of rotatable bonds is 4. The van der Waals surface area contributed by atoms with Crippen LogP contribution in [0.25, 0.3) is 0 Å². The van der Waals surface area contributed by atoms with E-state index in [1.165, 1.54) is 0 Å². The molecule has 23 heavy (non-hydrogen) atoms. The van der Waals surface area contributed by atoms with Gasteiger partial charge in [0.2, 0.25) is 5.89 Å². The molecule has 0 spiro atoms. The predicted octanol–water partition coefficient (Wildman–Crippen LogP) is 0.795. The van der Waals surface area contributed by atoms with Gasteiger partial charge in [-0.2, -0.15) is 4.98 Å². The van der Waals surface area contributed by atoms with Crippen LogP contribution in [0.4, 0.5) is 0 Å². The lowest BCUT2D eigenvalue weighted by Gasteiger charge is -2.34. The fourth-order valence-corrected chi connectivity index (χ4v) is 2.63. The maximum absolute atomic E-state index is 12.5. The average Bonchev–Trinajstić information content (AvgIpc) is 3.03. The molecule has 2 aromatic rings. The van der Waals surface area contributed by atoms with Crippen LogP contribution in [0.3, 0.4) is 0 Å². The zero-order valence-corrected chi connectivity index (χ0v) is 13.2. The summed E-state index contributed by atoms with van der Waals surface area (Å²) in [6, 6.07) is 7.71. The number of aryl methyl sites for hydroxylation is 1. The van der Waals surface area contributed by atoms with Gasteiger partial charge in [-0.25, -0.2) is 0 Å². The molecule has 1 saturated heterocycles. The van der Waals surface area contributed by atoms with Gasteiger partial charge in [0.05, 0.1) is 13.1 Å². The van der Waals surface area contributed by atoms with Crippen molar-refractivity contribution in [1.82, 2.24) is 19.9 Å². The van der Waals surface area contributed by atoms with Crippen LogP contribution in [-0.2, 0) is 13.1 Å². The molecule has 1 aliphatic rings. The molecule has 2 N–H and O–H groups in total. The molecule has 0 bridgehead atoms. The number of nitrogens with two attached hydrogens (primary N) is 1. The zero-order valence-electron chi connectivity index (χ0n) is 13.2. The van der Waals surface area contributed by atoms with Crippen molar-refractivity contribution in [2.24, 2.45) is 5.73 Å². The minimum absolute atomic E-state index is 0.0922. The summed E-state index contributed by atoms with van der Waals surface area (Å²) in [6.07, 6.45) is 0. The van der Waals surface area contributed by atoms with E-state index >= 15 is 0 Å². The molecule has 1 fully saturated rings. The first-order valence-corrected chi connectivity index (χ1v) is 7.75. The van der Waals surface area contributed by atoms with Crippen LogP contribution in [0, 0.1) is 6.92 Å². The fraction of sp³-hybridized carbons (Fsp3) is 0.438. The lowest BCUT2D eigenvalue weighted by Crippen LogP contribution is -2.48. The van der Waals surface area contributed by atoms with Crippen molar-refractivity contribution in [1.29, 1.82) is 0 Å². The number of carbonyl (C=O) groups excluding carboxylic acids is 1. The van der Waals surface area contributed by atoms with Crippen LogP contribution in [0.1, 0.15) is 27.6 Å².